The van der Waals surface area contributed by atoms with Crippen molar-refractivity contribution in [2.24, 2.45) is 0 Å². The van der Waals surface area contributed by atoms with Crippen LogP contribution < -0.4 is 5.32 Å². The van der Waals surface area contributed by atoms with Gasteiger partial charge < -0.3 is 10.4 Å². The van der Waals surface area contributed by atoms with Crippen LogP contribution in [0.5, 0.6) is 0 Å². The maximum Gasteiger partial charge on any atom is 0.252 e. The van der Waals surface area contributed by atoms with Crippen molar-refractivity contribution in [2.45, 2.75) is 13.2 Å². The third-order valence-electron chi connectivity index (χ3n) is 2.83. The lowest BCUT2D eigenvalue weighted by Gasteiger charge is -2.07. The van der Waals surface area contributed by atoms with Crippen LogP contribution >= 0.6 is 15.9 Å². The van der Waals surface area contributed by atoms with E-state index in [0.29, 0.717) is 16.6 Å². The second-order valence-corrected chi connectivity index (χ2v) is 5.14. The average molecular weight is 338 g/mol. The molecule has 2 rings (SSSR count). The topological polar surface area (TPSA) is 49.3 Å². The first kappa shape index (κ1) is 14.7. The summed E-state index contributed by atoms with van der Waals surface area (Å²) in [5, 5.41) is 11.7. The summed E-state index contributed by atoms with van der Waals surface area (Å²) >= 11 is 3.16. The van der Waals surface area contributed by atoms with Crippen molar-refractivity contribution in [3.8, 4) is 0 Å². The smallest absolute Gasteiger partial charge is 0.252 e. The molecule has 20 heavy (non-hydrogen) atoms. The molecule has 104 valence electrons. The van der Waals surface area contributed by atoms with Crippen LogP contribution in [0.2, 0.25) is 0 Å². The van der Waals surface area contributed by atoms with Crippen molar-refractivity contribution in [3.05, 3.63) is 69.4 Å². The van der Waals surface area contributed by atoms with Gasteiger partial charge in [-0.3, -0.25) is 4.79 Å². The zero-order chi connectivity index (χ0) is 14.5. The molecule has 0 aliphatic rings. The molecule has 3 nitrogen and oxygen atoms in total. The Labute approximate surface area is 124 Å². The summed E-state index contributed by atoms with van der Waals surface area (Å²) in [5.41, 5.74) is 2.13. The molecule has 0 aromatic heterocycles. The zero-order valence-electron chi connectivity index (χ0n) is 10.6. The van der Waals surface area contributed by atoms with Crippen LogP contribution in [0, 0.1) is 5.82 Å². The summed E-state index contributed by atoms with van der Waals surface area (Å²) in [4.78, 5) is 12.0. The molecule has 2 aromatic rings. The monoisotopic (exact) mass is 337 g/mol. The van der Waals surface area contributed by atoms with Gasteiger partial charge in [0, 0.05) is 11.0 Å². The van der Waals surface area contributed by atoms with Gasteiger partial charge in [0.25, 0.3) is 5.91 Å². The fourth-order valence-electron chi connectivity index (χ4n) is 1.71. The Kier molecular flexibility index (Phi) is 4.87. The van der Waals surface area contributed by atoms with E-state index in [1.54, 1.807) is 12.1 Å². The lowest BCUT2D eigenvalue weighted by Crippen LogP contribution is -2.23. The second-order valence-electron chi connectivity index (χ2n) is 4.28. The normalized spacial score (nSPS) is 10.3. The second kappa shape index (κ2) is 6.63. The van der Waals surface area contributed by atoms with E-state index in [1.807, 2.05) is 12.1 Å². The summed E-state index contributed by atoms with van der Waals surface area (Å²) < 4.78 is 13.4. The Morgan fingerprint density at radius 2 is 1.80 bits per heavy atom. The summed E-state index contributed by atoms with van der Waals surface area (Å²) in [5.74, 6) is -0.670. The van der Waals surface area contributed by atoms with E-state index >= 15 is 0 Å². The third-order valence-corrected chi connectivity index (χ3v) is 3.49. The largest absolute Gasteiger partial charge is 0.392 e. The molecule has 1 amide bonds. The molecule has 0 atom stereocenters. The maximum atomic E-state index is 13.0. The molecule has 2 aromatic carbocycles. The van der Waals surface area contributed by atoms with Crippen LogP contribution in [-0.4, -0.2) is 11.0 Å². The quantitative estimate of drug-likeness (QED) is 0.900. The number of hydrogen-bond donors (Lipinski definition) is 2. The number of nitrogens with one attached hydrogen (secondary N) is 1. The van der Waals surface area contributed by atoms with E-state index in [1.165, 1.54) is 18.2 Å². The molecule has 0 spiro atoms. The van der Waals surface area contributed by atoms with E-state index in [4.69, 9.17) is 5.11 Å². The first-order valence-corrected chi connectivity index (χ1v) is 6.81. The molecular formula is C15H13BrFNO2. The Hall–Kier alpha value is -1.72. The molecule has 0 radical (unpaired) electrons. The molecule has 0 fully saturated rings. The number of aliphatic hydroxyl groups is 1. The number of halogens is 2. The molecular weight excluding hydrogens is 325 g/mol. The van der Waals surface area contributed by atoms with Gasteiger partial charge in [-0.1, -0.05) is 24.3 Å². The number of carbonyl (C=O) groups is 1. The Morgan fingerprint density at radius 3 is 2.40 bits per heavy atom. The fraction of sp³-hybridized carbons (Fsp3) is 0.133. The number of aliphatic hydroxyl groups excluding tert-OH is 1. The van der Waals surface area contributed by atoms with E-state index in [9.17, 15) is 9.18 Å². The predicted octanol–water partition coefficient (Wildman–Crippen LogP) is 3.01. The van der Waals surface area contributed by atoms with Crippen molar-refractivity contribution < 1.29 is 14.3 Å². The van der Waals surface area contributed by atoms with Gasteiger partial charge in [-0.2, -0.15) is 0 Å². The molecule has 0 heterocycles. The number of amides is 1. The number of rotatable bonds is 4. The highest BCUT2D eigenvalue weighted by molar-refractivity contribution is 9.10. The highest BCUT2D eigenvalue weighted by atomic mass is 79.9. The minimum atomic E-state index is -0.395. The fourth-order valence-corrected chi connectivity index (χ4v) is 2.24. The van der Waals surface area contributed by atoms with Crippen LogP contribution in [0.1, 0.15) is 21.5 Å². The maximum absolute atomic E-state index is 13.0. The molecule has 0 aliphatic carbocycles. The zero-order valence-corrected chi connectivity index (χ0v) is 12.2. The van der Waals surface area contributed by atoms with Crippen LogP contribution in [0.25, 0.3) is 0 Å². The van der Waals surface area contributed by atoms with E-state index in [-0.39, 0.29) is 12.5 Å². The van der Waals surface area contributed by atoms with Crippen LogP contribution in [0.15, 0.2) is 46.9 Å². The number of benzene rings is 2. The molecule has 0 bridgehead atoms. The van der Waals surface area contributed by atoms with Crippen LogP contribution in [0.4, 0.5) is 4.39 Å². The molecule has 5 heteroatoms. The average Bonchev–Trinajstić information content (AvgIpc) is 2.45. The van der Waals surface area contributed by atoms with Gasteiger partial charge in [-0.25, -0.2) is 4.39 Å². The summed E-state index contributed by atoms with van der Waals surface area (Å²) in [7, 11) is 0. The highest BCUT2D eigenvalue weighted by Gasteiger charge is 2.10. The number of hydrogen-bond acceptors (Lipinski definition) is 2. The number of carbonyl (C=O) groups excluding carboxylic acids is 1. The lowest BCUT2D eigenvalue weighted by molar-refractivity contribution is 0.0950. The Balaban J connectivity index is 2.00. The standard InChI is InChI=1S/C15H13BrFNO2/c16-14-7-12(17)5-6-13(14)15(20)18-8-10-1-3-11(9-19)4-2-10/h1-7,19H,8-9H2,(H,18,20). The summed E-state index contributed by atoms with van der Waals surface area (Å²) in [6.07, 6.45) is 0. The van der Waals surface area contributed by atoms with Crippen molar-refractivity contribution in [1.82, 2.24) is 5.32 Å². The van der Waals surface area contributed by atoms with Crippen LogP contribution in [0.3, 0.4) is 0 Å². The van der Waals surface area contributed by atoms with Crippen molar-refractivity contribution in [3.63, 3.8) is 0 Å². The molecule has 2 N–H and O–H groups in total. The molecule has 0 aliphatic heterocycles. The Morgan fingerprint density at radius 1 is 1.15 bits per heavy atom. The van der Waals surface area contributed by atoms with Gasteiger partial charge >= 0.3 is 0 Å². The van der Waals surface area contributed by atoms with Gasteiger partial charge in [0.15, 0.2) is 0 Å². The van der Waals surface area contributed by atoms with Crippen LogP contribution in [-0.2, 0) is 13.2 Å². The van der Waals surface area contributed by atoms with Gasteiger partial charge in [-0.15, -0.1) is 0 Å². The van der Waals surface area contributed by atoms with Gasteiger partial charge in [0.2, 0.25) is 0 Å². The van der Waals surface area contributed by atoms with Gasteiger partial charge in [0.1, 0.15) is 5.82 Å². The molecule has 0 saturated heterocycles. The minimum absolute atomic E-state index is 0.00480. The highest BCUT2D eigenvalue weighted by Crippen LogP contribution is 2.18. The summed E-state index contributed by atoms with van der Waals surface area (Å²) in [6, 6.07) is 11.2. The minimum Gasteiger partial charge on any atom is -0.392 e. The molecule has 0 saturated carbocycles. The van der Waals surface area contributed by atoms with E-state index in [0.717, 1.165) is 11.1 Å². The van der Waals surface area contributed by atoms with Crippen molar-refractivity contribution >= 4 is 21.8 Å². The SMILES string of the molecule is O=C(NCc1ccc(CO)cc1)c1ccc(F)cc1Br. The van der Waals surface area contributed by atoms with Crippen molar-refractivity contribution in [1.29, 1.82) is 0 Å². The Bertz CT molecular complexity index is 614. The predicted molar refractivity (Wildman–Crippen MR) is 77.6 cm³/mol. The summed E-state index contributed by atoms with van der Waals surface area (Å²) in [6.45, 7) is 0.365. The lowest BCUT2D eigenvalue weighted by atomic mass is 10.1. The third kappa shape index (κ3) is 3.65. The van der Waals surface area contributed by atoms with E-state index in [2.05, 4.69) is 21.2 Å². The van der Waals surface area contributed by atoms with Gasteiger partial charge in [0.05, 0.1) is 12.2 Å². The van der Waals surface area contributed by atoms with Crippen molar-refractivity contribution in [2.75, 3.05) is 0 Å². The first-order valence-electron chi connectivity index (χ1n) is 6.02. The van der Waals surface area contributed by atoms with Gasteiger partial charge in [-0.05, 0) is 45.3 Å². The van der Waals surface area contributed by atoms with E-state index < -0.39 is 5.82 Å². The first-order chi connectivity index (χ1) is 9.60. The molecule has 0 unspecified atom stereocenters.